The quantitative estimate of drug-likeness (QED) is 0.581. The first-order valence-corrected chi connectivity index (χ1v) is 8.99. The number of nitrogens with zero attached hydrogens (tertiary/aromatic N) is 2. The molecule has 1 N–H and O–H groups in total. The van der Waals surface area contributed by atoms with Crippen molar-refractivity contribution in [2.75, 3.05) is 13.2 Å². The second-order valence-electron chi connectivity index (χ2n) is 6.64. The fourth-order valence-corrected chi connectivity index (χ4v) is 3.10. The number of H-pyrrole nitrogens is 1. The maximum atomic E-state index is 14.3. The van der Waals surface area contributed by atoms with Crippen LogP contribution < -0.4 is 9.47 Å². The van der Waals surface area contributed by atoms with E-state index in [0.29, 0.717) is 12.3 Å². The number of halogens is 1. The van der Waals surface area contributed by atoms with Gasteiger partial charge in [-0.2, -0.15) is 0 Å². The number of benzene rings is 1. The van der Waals surface area contributed by atoms with Gasteiger partial charge in [-0.25, -0.2) is 4.39 Å². The van der Waals surface area contributed by atoms with Crippen LogP contribution in [0.1, 0.15) is 31.0 Å². The Morgan fingerprint density at radius 3 is 2.78 bits per heavy atom. The topological polar surface area (TPSA) is 69.1 Å². The zero-order valence-electron chi connectivity index (χ0n) is 15.8. The van der Waals surface area contributed by atoms with Crippen LogP contribution in [0.25, 0.3) is 10.9 Å². The van der Waals surface area contributed by atoms with Crippen molar-refractivity contribution in [2.45, 2.75) is 33.1 Å². The summed E-state index contributed by atoms with van der Waals surface area (Å²) in [5.74, 6) is 0.456. The molecule has 0 aliphatic heterocycles. The van der Waals surface area contributed by atoms with E-state index in [2.05, 4.69) is 10.1 Å². The Hall–Kier alpha value is -2.83. The molecule has 0 aliphatic carbocycles. The third-order valence-corrected chi connectivity index (χ3v) is 4.41. The highest BCUT2D eigenvalue weighted by atomic mass is 19.1. The number of nitrogens with one attached hydrogen (secondary N) is 1. The molecule has 7 heteroatoms. The summed E-state index contributed by atoms with van der Waals surface area (Å²) in [6, 6.07) is 4.92. The molecule has 144 valence electrons. The van der Waals surface area contributed by atoms with E-state index < -0.39 is 5.82 Å². The highest BCUT2D eigenvalue weighted by Gasteiger charge is 2.14. The fourth-order valence-electron chi connectivity index (χ4n) is 3.10. The van der Waals surface area contributed by atoms with E-state index in [0.717, 1.165) is 35.0 Å². The zero-order valence-corrected chi connectivity index (χ0v) is 15.8. The molecule has 0 fully saturated rings. The number of fused-ring (bicyclic) bond motifs is 1. The monoisotopic (exact) mass is 373 g/mol. The second-order valence-corrected chi connectivity index (χ2v) is 6.64. The molecule has 3 rings (SSSR count). The van der Waals surface area contributed by atoms with Gasteiger partial charge >= 0.3 is 0 Å². The molecule has 0 atom stereocenters. The molecule has 0 unspecified atom stereocenters. The first-order valence-electron chi connectivity index (χ1n) is 8.99. The van der Waals surface area contributed by atoms with Gasteiger partial charge in [-0.15, -0.1) is 5.10 Å². The normalized spacial score (nSPS) is 11.1. The van der Waals surface area contributed by atoms with E-state index in [1.165, 1.54) is 6.07 Å². The van der Waals surface area contributed by atoms with E-state index in [4.69, 9.17) is 9.47 Å². The fraction of sp³-hybridized carbons (Fsp3) is 0.400. The summed E-state index contributed by atoms with van der Waals surface area (Å²) < 4.78 is 27.0. The summed E-state index contributed by atoms with van der Waals surface area (Å²) in [4.78, 5) is 14.4. The molecular formula is C20H24FN3O3. The summed E-state index contributed by atoms with van der Waals surface area (Å²) in [6.07, 6.45) is 3.86. The van der Waals surface area contributed by atoms with Gasteiger partial charge in [0.2, 0.25) is 5.88 Å². The Kier molecular flexibility index (Phi) is 5.78. The first-order chi connectivity index (χ1) is 12.9. The lowest BCUT2D eigenvalue weighted by molar-refractivity contribution is -0.117. The largest absolute Gasteiger partial charge is 0.487 e. The highest BCUT2D eigenvalue weighted by molar-refractivity contribution is 5.86. The minimum Gasteiger partial charge on any atom is -0.487 e. The Morgan fingerprint density at radius 1 is 1.30 bits per heavy atom. The van der Waals surface area contributed by atoms with Gasteiger partial charge < -0.3 is 19.3 Å². The van der Waals surface area contributed by atoms with Crippen LogP contribution in [0.2, 0.25) is 0 Å². The minimum atomic E-state index is -0.420. The number of aryl methyl sites for hydroxylation is 3. The lowest BCUT2D eigenvalue weighted by atomic mass is 10.0. The van der Waals surface area contributed by atoms with Crippen molar-refractivity contribution in [3.8, 4) is 11.6 Å². The van der Waals surface area contributed by atoms with Gasteiger partial charge in [0.1, 0.15) is 19.0 Å². The van der Waals surface area contributed by atoms with Crippen LogP contribution in [-0.4, -0.2) is 33.8 Å². The number of rotatable bonds is 9. The minimum absolute atomic E-state index is 0.176. The van der Waals surface area contributed by atoms with E-state index in [-0.39, 0.29) is 24.7 Å². The van der Waals surface area contributed by atoms with Gasteiger partial charge in [0, 0.05) is 48.4 Å². The third-order valence-electron chi connectivity index (χ3n) is 4.41. The Morgan fingerprint density at radius 2 is 2.07 bits per heavy atom. The summed E-state index contributed by atoms with van der Waals surface area (Å²) >= 11 is 0. The Labute approximate surface area is 157 Å². The molecule has 0 saturated heterocycles. The van der Waals surface area contributed by atoms with Crippen molar-refractivity contribution in [2.24, 2.45) is 7.05 Å². The van der Waals surface area contributed by atoms with Crippen LogP contribution in [0.15, 0.2) is 24.4 Å². The molecule has 27 heavy (non-hydrogen) atoms. The van der Waals surface area contributed by atoms with Gasteiger partial charge in [-0.3, -0.25) is 4.68 Å². The van der Waals surface area contributed by atoms with Crippen LogP contribution in [0.3, 0.4) is 0 Å². The Balaban J connectivity index is 1.67. The maximum absolute atomic E-state index is 14.3. The number of Topliss-reactive ketones (excluding diaryl/α,β-unsaturated/α-hetero) is 1. The van der Waals surface area contributed by atoms with Crippen molar-refractivity contribution >= 4 is 16.7 Å². The number of carbonyl (C=O) groups is 1. The molecular weight excluding hydrogens is 349 g/mol. The smallest absolute Gasteiger partial charge is 0.232 e. The lowest BCUT2D eigenvalue weighted by Crippen LogP contribution is -2.10. The molecule has 0 spiro atoms. The van der Waals surface area contributed by atoms with Crippen molar-refractivity contribution in [3.63, 3.8) is 0 Å². The number of hydrogen-bond donors (Lipinski definition) is 1. The van der Waals surface area contributed by atoms with E-state index in [1.54, 1.807) is 37.0 Å². The molecule has 2 heterocycles. The molecule has 3 aromatic rings. The van der Waals surface area contributed by atoms with Crippen LogP contribution in [0.4, 0.5) is 4.39 Å². The van der Waals surface area contributed by atoms with E-state index in [1.807, 2.05) is 6.92 Å². The summed E-state index contributed by atoms with van der Waals surface area (Å²) in [6.45, 7) is 4.03. The average molecular weight is 373 g/mol. The Bertz CT molecular complexity index is 945. The van der Waals surface area contributed by atoms with Crippen molar-refractivity contribution in [3.05, 3.63) is 41.5 Å². The average Bonchev–Trinajstić information content (AvgIpc) is 3.14. The predicted octanol–water partition coefficient (Wildman–Crippen LogP) is 3.72. The van der Waals surface area contributed by atoms with Gasteiger partial charge in [0.25, 0.3) is 0 Å². The van der Waals surface area contributed by atoms with Crippen molar-refractivity contribution in [1.82, 2.24) is 14.8 Å². The van der Waals surface area contributed by atoms with Crippen LogP contribution in [-0.2, 0) is 18.3 Å². The molecule has 0 aliphatic rings. The number of aromatic nitrogens is 3. The standard InChI is InChI=1S/C20H24FN3O3/c1-13(25)5-4-6-15-14(2)22-18-12-17(21)19(11-16(15)18)26-9-10-27-20-7-8-24(3)23-20/h7-8,11-12,22H,4-6,9-10H2,1-3H3. The van der Waals surface area contributed by atoms with E-state index in [9.17, 15) is 9.18 Å². The highest BCUT2D eigenvalue weighted by Crippen LogP contribution is 2.30. The number of ether oxygens (including phenoxy) is 2. The number of carbonyl (C=O) groups excluding carboxylic acids is 1. The number of ketones is 1. The molecule has 1 aromatic carbocycles. The second kappa shape index (κ2) is 8.24. The van der Waals surface area contributed by atoms with Gasteiger partial charge in [-0.05, 0) is 38.3 Å². The molecule has 0 amide bonds. The number of hydrogen-bond acceptors (Lipinski definition) is 4. The summed E-state index contributed by atoms with van der Waals surface area (Å²) in [5, 5.41) is 5.03. The van der Waals surface area contributed by atoms with Gasteiger partial charge in [0.05, 0.1) is 0 Å². The first kappa shape index (κ1) is 18.9. The van der Waals surface area contributed by atoms with E-state index >= 15 is 0 Å². The summed E-state index contributed by atoms with van der Waals surface area (Å²) in [5.41, 5.74) is 2.82. The summed E-state index contributed by atoms with van der Waals surface area (Å²) in [7, 11) is 1.81. The molecule has 0 saturated carbocycles. The lowest BCUT2D eigenvalue weighted by Gasteiger charge is -2.09. The van der Waals surface area contributed by atoms with Crippen LogP contribution in [0.5, 0.6) is 11.6 Å². The van der Waals surface area contributed by atoms with Crippen molar-refractivity contribution in [1.29, 1.82) is 0 Å². The van der Waals surface area contributed by atoms with Gasteiger partial charge in [-0.1, -0.05) is 0 Å². The third kappa shape index (κ3) is 4.67. The van der Waals surface area contributed by atoms with Crippen LogP contribution >= 0.6 is 0 Å². The van der Waals surface area contributed by atoms with Gasteiger partial charge in [0.15, 0.2) is 11.6 Å². The molecule has 2 aromatic heterocycles. The molecule has 0 bridgehead atoms. The predicted molar refractivity (Wildman–Crippen MR) is 101 cm³/mol. The van der Waals surface area contributed by atoms with Crippen LogP contribution in [0, 0.1) is 12.7 Å². The number of aromatic amines is 1. The maximum Gasteiger partial charge on any atom is 0.232 e. The SMILES string of the molecule is CC(=O)CCCc1c(C)[nH]c2cc(F)c(OCCOc3ccn(C)n3)cc12. The molecule has 0 radical (unpaired) electrons. The van der Waals surface area contributed by atoms with Crippen molar-refractivity contribution < 1.29 is 18.7 Å². The zero-order chi connectivity index (χ0) is 19.4. The molecule has 6 nitrogen and oxygen atoms in total.